The number of hydrogen-bond acceptors (Lipinski definition) is 3. The Labute approximate surface area is 157 Å². The molecule has 7 heteroatoms. The fraction of sp³-hybridized carbons (Fsp3) is 0.263. The summed E-state index contributed by atoms with van der Waals surface area (Å²) >= 11 is 5.80. The van der Waals surface area contributed by atoms with Crippen LogP contribution in [0, 0.1) is 19.7 Å². The third-order valence-corrected chi connectivity index (χ3v) is 4.01. The van der Waals surface area contributed by atoms with Crippen LogP contribution in [0.5, 0.6) is 0 Å². The number of aryl methyl sites for hydroxylation is 2. The van der Waals surface area contributed by atoms with Gasteiger partial charge in [-0.3, -0.25) is 14.5 Å². The molecule has 2 amide bonds. The number of hydrogen-bond donors (Lipinski definition) is 2. The Morgan fingerprint density at radius 2 is 1.62 bits per heavy atom. The zero-order chi connectivity index (χ0) is 19.3. The van der Waals surface area contributed by atoms with Gasteiger partial charge in [0.1, 0.15) is 5.82 Å². The zero-order valence-electron chi connectivity index (χ0n) is 14.9. The highest BCUT2D eigenvalue weighted by atomic mass is 35.5. The van der Waals surface area contributed by atoms with E-state index in [1.165, 1.54) is 18.2 Å². The lowest BCUT2D eigenvalue weighted by Crippen LogP contribution is -2.36. The number of amides is 2. The van der Waals surface area contributed by atoms with Crippen LogP contribution in [0.1, 0.15) is 11.1 Å². The second-order valence-corrected chi connectivity index (χ2v) is 6.60. The predicted octanol–water partition coefficient (Wildman–Crippen LogP) is 3.60. The molecule has 0 aromatic heterocycles. The van der Waals surface area contributed by atoms with Gasteiger partial charge in [-0.15, -0.1) is 0 Å². The lowest BCUT2D eigenvalue weighted by atomic mass is 10.1. The van der Waals surface area contributed by atoms with Crippen molar-refractivity contribution in [2.24, 2.45) is 0 Å². The van der Waals surface area contributed by atoms with Gasteiger partial charge in [0.05, 0.1) is 18.8 Å². The highest BCUT2D eigenvalue weighted by Crippen LogP contribution is 2.20. The number of carbonyl (C=O) groups excluding carboxylic acids is 2. The SMILES string of the molecule is Cc1cccc(C)c1NC(=O)CN(C)CC(=O)Nc1cc(Cl)ccc1F. The normalized spacial score (nSPS) is 10.7. The molecule has 0 heterocycles. The molecule has 0 saturated carbocycles. The van der Waals surface area contributed by atoms with E-state index >= 15 is 0 Å². The summed E-state index contributed by atoms with van der Waals surface area (Å²) < 4.78 is 13.6. The molecular weight excluding hydrogens is 357 g/mol. The van der Waals surface area contributed by atoms with Crippen LogP contribution in [-0.2, 0) is 9.59 Å². The van der Waals surface area contributed by atoms with E-state index in [4.69, 9.17) is 11.6 Å². The van der Waals surface area contributed by atoms with Crippen LogP contribution in [0.3, 0.4) is 0 Å². The number of nitrogens with one attached hydrogen (secondary N) is 2. The largest absolute Gasteiger partial charge is 0.324 e. The molecule has 138 valence electrons. The van der Waals surface area contributed by atoms with Gasteiger partial charge in [0, 0.05) is 10.7 Å². The smallest absolute Gasteiger partial charge is 0.238 e. The van der Waals surface area contributed by atoms with E-state index in [9.17, 15) is 14.0 Å². The van der Waals surface area contributed by atoms with E-state index in [-0.39, 0.29) is 24.7 Å². The number of halogens is 2. The zero-order valence-corrected chi connectivity index (χ0v) is 15.7. The number of carbonyl (C=O) groups is 2. The average Bonchev–Trinajstić information content (AvgIpc) is 2.54. The van der Waals surface area contributed by atoms with Gasteiger partial charge in [-0.2, -0.15) is 0 Å². The van der Waals surface area contributed by atoms with Crippen LogP contribution in [0.2, 0.25) is 5.02 Å². The summed E-state index contributed by atoms with van der Waals surface area (Å²) in [5.74, 6) is -1.24. The number of rotatable bonds is 6. The lowest BCUT2D eigenvalue weighted by molar-refractivity contribution is -0.119. The fourth-order valence-electron chi connectivity index (χ4n) is 2.52. The maximum absolute atomic E-state index is 13.6. The average molecular weight is 378 g/mol. The molecule has 5 nitrogen and oxygen atoms in total. The third-order valence-electron chi connectivity index (χ3n) is 3.78. The molecule has 0 saturated heterocycles. The molecule has 0 aliphatic carbocycles. The second-order valence-electron chi connectivity index (χ2n) is 6.16. The molecule has 2 rings (SSSR count). The summed E-state index contributed by atoms with van der Waals surface area (Å²) in [7, 11) is 1.64. The molecule has 26 heavy (non-hydrogen) atoms. The molecule has 0 bridgehead atoms. The Kier molecular flexibility index (Phi) is 6.71. The molecular formula is C19H21ClFN3O2. The minimum atomic E-state index is -0.571. The van der Waals surface area contributed by atoms with Gasteiger partial charge in [-0.25, -0.2) is 4.39 Å². The highest BCUT2D eigenvalue weighted by Gasteiger charge is 2.14. The lowest BCUT2D eigenvalue weighted by Gasteiger charge is -2.17. The maximum Gasteiger partial charge on any atom is 0.238 e. The first kappa shape index (κ1) is 19.9. The van der Waals surface area contributed by atoms with E-state index in [1.807, 2.05) is 32.0 Å². The highest BCUT2D eigenvalue weighted by molar-refractivity contribution is 6.30. The van der Waals surface area contributed by atoms with Gasteiger partial charge in [-0.1, -0.05) is 29.8 Å². The van der Waals surface area contributed by atoms with E-state index in [2.05, 4.69) is 10.6 Å². The number of benzene rings is 2. The Morgan fingerprint density at radius 1 is 1.04 bits per heavy atom. The van der Waals surface area contributed by atoms with Crippen LogP contribution in [-0.4, -0.2) is 36.9 Å². The summed E-state index contributed by atoms with van der Waals surface area (Å²) in [6.07, 6.45) is 0. The maximum atomic E-state index is 13.6. The number of anilines is 2. The van der Waals surface area contributed by atoms with Crippen molar-refractivity contribution in [3.8, 4) is 0 Å². The van der Waals surface area contributed by atoms with E-state index in [0.717, 1.165) is 16.8 Å². The monoisotopic (exact) mass is 377 g/mol. The van der Waals surface area contributed by atoms with Gasteiger partial charge in [0.2, 0.25) is 11.8 Å². The van der Waals surface area contributed by atoms with Crippen molar-refractivity contribution in [2.75, 3.05) is 30.8 Å². The molecule has 0 aliphatic rings. The van der Waals surface area contributed by atoms with Crippen molar-refractivity contribution in [2.45, 2.75) is 13.8 Å². The topological polar surface area (TPSA) is 61.4 Å². The molecule has 0 spiro atoms. The van der Waals surface area contributed by atoms with Crippen molar-refractivity contribution in [1.82, 2.24) is 4.90 Å². The quantitative estimate of drug-likeness (QED) is 0.808. The van der Waals surface area contributed by atoms with Crippen molar-refractivity contribution < 1.29 is 14.0 Å². The minimum Gasteiger partial charge on any atom is -0.324 e. The standard InChI is InChI=1S/C19H21ClFN3O2/c1-12-5-4-6-13(2)19(12)23-18(26)11-24(3)10-17(25)22-16-9-14(20)7-8-15(16)21/h4-9H,10-11H2,1-3H3,(H,22,25)(H,23,26). The van der Waals surface area contributed by atoms with Gasteiger partial charge in [0.15, 0.2) is 0 Å². The van der Waals surface area contributed by atoms with Crippen LogP contribution in [0.15, 0.2) is 36.4 Å². The fourth-order valence-corrected chi connectivity index (χ4v) is 2.69. The van der Waals surface area contributed by atoms with Crippen LogP contribution in [0.4, 0.5) is 15.8 Å². The van der Waals surface area contributed by atoms with E-state index in [0.29, 0.717) is 5.02 Å². The predicted molar refractivity (Wildman–Crippen MR) is 102 cm³/mol. The molecule has 0 radical (unpaired) electrons. The first-order valence-corrected chi connectivity index (χ1v) is 8.43. The Balaban J connectivity index is 1.89. The van der Waals surface area contributed by atoms with Gasteiger partial charge < -0.3 is 10.6 Å². The minimum absolute atomic E-state index is 0.0101. The Bertz CT molecular complexity index is 806. The number of nitrogens with zero attached hydrogens (tertiary/aromatic N) is 1. The molecule has 2 aromatic carbocycles. The number of likely N-dealkylation sites (N-methyl/N-ethyl adjacent to an activating group) is 1. The summed E-state index contributed by atoms with van der Waals surface area (Å²) in [5, 5.41) is 5.63. The summed E-state index contributed by atoms with van der Waals surface area (Å²) in [5.41, 5.74) is 2.72. The molecule has 2 aromatic rings. The van der Waals surface area contributed by atoms with Gasteiger partial charge in [0.25, 0.3) is 0 Å². The third kappa shape index (κ3) is 5.54. The molecule has 0 aliphatic heterocycles. The molecule has 2 N–H and O–H groups in total. The second kappa shape index (κ2) is 8.78. The van der Waals surface area contributed by atoms with E-state index < -0.39 is 11.7 Å². The molecule has 0 unspecified atom stereocenters. The van der Waals surface area contributed by atoms with Gasteiger partial charge >= 0.3 is 0 Å². The van der Waals surface area contributed by atoms with Crippen molar-refractivity contribution in [1.29, 1.82) is 0 Å². The van der Waals surface area contributed by atoms with Crippen LogP contribution in [0.25, 0.3) is 0 Å². The van der Waals surface area contributed by atoms with Crippen molar-refractivity contribution in [3.63, 3.8) is 0 Å². The molecule has 0 atom stereocenters. The summed E-state index contributed by atoms with van der Waals surface area (Å²) in [6, 6.07) is 9.67. The summed E-state index contributed by atoms with van der Waals surface area (Å²) in [6.45, 7) is 3.80. The Hall–Kier alpha value is -2.44. The Morgan fingerprint density at radius 3 is 2.23 bits per heavy atom. The van der Waals surface area contributed by atoms with Crippen LogP contribution < -0.4 is 10.6 Å². The first-order chi connectivity index (χ1) is 12.3. The number of para-hydroxylation sites is 1. The van der Waals surface area contributed by atoms with Crippen LogP contribution >= 0.6 is 11.6 Å². The van der Waals surface area contributed by atoms with Gasteiger partial charge in [-0.05, 0) is 50.2 Å². The first-order valence-electron chi connectivity index (χ1n) is 8.06. The van der Waals surface area contributed by atoms with Crippen molar-refractivity contribution >= 4 is 34.8 Å². The molecule has 0 fully saturated rings. The van der Waals surface area contributed by atoms with E-state index in [1.54, 1.807) is 11.9 Å². The summed E-state index contributed by atoms with van der Waals surface area (Å²) in [4.78, 5) is 25.8. The van der Waals surface area contributed by atoms with Crippen molar-refractivity contribution in [3.05, 3.63) is 58.4 Å².